The molecule has 118 valence electrons. The first kappa shape index (κ1) is 15.6. The maximum atomic E-state index is 9.51. The van der Waals surface area contributed by atoms with Crippen molar-refractivity contribution in [2.45, 2.75) is 19.4 Å². The van der Waals surface area contributed by atoms with Crippen LogP contribution in [0, 0.1) is 0 Å². The minimum atomic E-state index is 0. The zero-order valence-electron chi connectivity index (χ0n) is 12.4. The Bertz CT molecular complexity index is 823. The van der Waals surface area contributed by atoms with Crippen molar-refractivity contribution in [1.82, 2.24) is 9.55 Å². The number of phenolic OH excluding ortho intramolecular Hbond substituents is 2. The van der Waals surface area contributed by atoms with Gasteiger partial charge in [0.25, 0.3) is 0 Å². The third-order valence-corrected chi connectivity index (χ3v) is 4.11. The molecule has 3 aromatic rings. The van der Waals surface area contributed by atoms with Gasteiger partial charge in [-0.05, 0) is 55.0 Å². The zero-order valence-corrected chi connectivity index (χ0v) is 14.2. The van der Waals surface area contributed by atoms with E-state index >= 15 is 0 Å². The molecule has 0 saturated heterocycles. The number of rotatable bonds is 2. The number of hydrogen-bond acceptors (Lipinski definition) is 3. The second kappa shape index (κ2) is 6.08. The van der Waals surface area contributed by atoms with E-state index in [1.807, 2.05) is 24.3 Å². The van der Waals surface area contributed by atoms with Gasteiger partial charge in [0.15, 0.2) is 0 Å². The molecule has 0 saturated carbocycles. The van der Waals surface area contributed by atoms with Crippen molar-refractivity contribution in [3.05, 3.63) is 54.4 Å². The predicted molar refractivity (Wildman–Crippen MR) is 95.1 cm³/mol. The smallest absolute Gasteiger partial charge is 0.115 e. The first-order valence-corrected chi connectivity index (χ1v) is 7.40. The van der Waals surface area contributed by atoms with Crippen molar-refractivity contribution in [2.75, 3.05) is 0 Å². The molecule has 2 N–H and O–H groups in total. The molecule has 0 amide bonds. The number of phenols is 2. The van der Waals surface area contributed by atoms with E-state index in [-0.39, 0.29) is 28.5 Å². The van der Waals surface area contributed by atoms with E-state index in [1.54, 1.807) is 24.3 Å². The van der Waals surface area contributed by atoms with Crippen LogP contribution in [0.5, 0.6) is 11.5 Å². The van der Waals surface area contributed by atoms with Gasteiger partial charge < -0.3 is 14.8 Å². The van der Waals surface area contributed by atoms with Gasteiger partial charge in [-0.2, -0.15) is 0 Å². The second-order valence-electron chi connectivity index (χ2n) is 5.57. The summed E-state index contributed by atoms with van der Waals surface area (Å²) in [5, 5.41) is 19.0. The molecule has 1 aliphatic rings. The third kappa shape index (κ3) is 2.72. The van der Waals surface area contributed by atoms with Crippen LogP contribution in [0.1, 0.15) is 12.2 Å². The Kier molecular flexibility index (Phi) is 4.13. The van der Waals surface area contributed by atoms with E-state index in [2.05, 4.69) is 4.57 Å². The average molecular weight is 373 g/mol. The van der Waals surface area contributed by atoms with Crippen LogP contribution in [-0.2, 0) is 13.0 Å². The number of halogens is 1. The Morgan fingerprint density at radius 3 is 2.00 bits per heavy atom. The summed E-state index contributed by atoms with van der Waals surface area (Å²) in [5.41, 5.74) is 4.04. The van der Waals surface area contributed by atoms with Gasteiger partial charge >= 0.3 is 0 Å². The fraction of sp³-hybridized carbons (Fsp3) is 0.167. The number of fused-ring (bicyclic) bond motifs is 1. The molecular weight excluding hydrogens is 356 g/mol. The van der Waals surface area contributed by atoms with Crippen LogP contribution in [0.3, 0.4) is 0 Å². The van der Waals surface area contributed by atoms with Crippen molar-refractivity contribution < 1.29 is 10.2 Å². The topological polar surface area (TPSA) is 58.3 Å². The standard InChI is InChI=1S/C18H16N2O2.BrH/c21-14-7-3-12(4-8-14)17-18(13-5-9-15(22)10-6-13)20-11-1-2-16(20)19-17;/h3-10,21-22H,1-2,11H2;1H. The molecule has 1 aromatic heterocycles. The molecule has 0 unspecified atom stereocenters. The molecule has 2 heterocycles. The van der Waals surface area contributed by atoms with Crippen molar-refractivity contribution in [1.29, 1.82) is 0 Å². The Morgan fingerprint density at radius 1 is 0.826 bits per heavy atom. The van der Waals surface area contributed by atoms with Crippen LogP contribution in [0.2, 0.25) is 0 Å². The monoisotopic (exact) mass is 372 g/mol. The summed E-state index contributed by atoms with van der Waals surface area (Å²) in [5.74, 6) is 1.61. The van der Waals surface area contributed by atoms with E-state index in [1.165, 1.54) is 0 Å². The lowest BCUT2D eigenvalue weighted by Crippen LogP contribution is -1.96. The third-order valence-electron chi connectivity index (χ3n) is 4.11. The van der Waals surface area contributed by atoms with Crippen LogP contribution in [-0.4, -0.2) is 19.8 Å². The summed E-state index contributed by atoms with van der Waals surface area (Å²) < 4.78 is 2.26. The summed E-state index contributed by atoms with van der Waals surface area (Å²) in [6, 6.07) is 14.4. The summed E-state index contributed by atoms with van der Waals surface area (Å²) in [6.45, 7) is 0.969. The molecule has 0 atom stereocenters. The molecule has 0 aliphatic carbocycles. The summed E-state index contributed by atoms with van der Waals surface area (Å²) in [6.07, 6.45) is 2.10. The number of aromatic nitrogens is 2. The van der Waals surface area contributed by atoms with E-state index < -0.39 is 0 Å². The number of nitrogens with zero attached hydrogens (tertiary/aromatic N) is 2. The van der Waals surface area contributed by atoms with Crippen molar-refractivity contribution in [3.63, 3.8) is 0 Å². The van der Waals surface area contributed by atoms with Gasteiger partial charge in [0.1, 0.15) is 17.3 Å². The van der Waals surface area contributed by atoms with Gasteiger partial charge in [-0.1, -0.05) is 0 Å². The number of imidazole rings is 1. The van der Waals surface area contributed by atoms with Gasteiger partial charge in [0, 0.05) is 24.1 Å². The highest BCUT2D eigenvalue weighted by Gasteiger charge is 2.23. The van der Waals surface area contributed by atoms with Crippen LogP contribution in [0.4, 0.5) is 0 Å². The Hall–Kier alpha value is -2.27. The molecule has 23 heavy (non-hydrogen) atoms. The molecule has 5 heteroatoms. The fourth-order valence-electron chi connectivity index (χ4n) is 3.06. The molecular formula is C18H17BrN2O2. The summed E-state index contributed by atoms with van der Waals surface area (Å²) in [4.78, 5) is 4.81. The van der Waals surface area contributed by atoms with E-state index in [4.69, 9.17) is 4.98 Å². The highest BCUT2D eigenvalue weighted by atomic mass is 79.9. The van der Waals surface area contributed by atoms with Gasteiger partial charge in [-0.3, -0.25) is 0 Å². The maximum Gasteiger partial charge on any atom is 0.115 e. The SMILES string of the molecule is Br.Oc1ccc(-c2nc3n(c2-c2ccc(O)cc2)CCC3)cc1. The van der Waals surface area contributed by atoms with E-state index in [9.17, 15) is 10.2 Å². The Morgan fingerprint density at radius 2 is 1.39 bits per heavy atom. The van der Waals surface area contributed by atoms with Crippen LogP contribution in [0.25, 0.3) is 22.5 Å². The number of aromatic hydroxyl groups is 2. The van der Waals surface area contributed by atoms with Gasteiger partial charge in [-0.15, -0.1) is 17.0 Å². The molecule has 0 radical (unpaired) electrons. The maximum absolute atomic E-state index is 9.51. The average Bonchev–Trinajstić information content (AvgIpc) is 3.10. The molecule has 1 aliphatic heterocycles. The minimum Gasteiger partial charge on any atom is -0.508 e. The lowest BCUT2D eigenvalue weighted by Gasteiger charge is -2.09. The molecule has 0 fully saturated rings. The van der Waals surface area contributed by atoms with Crippen molar-refractivity contribution >= 4 is 17.0 Å². The normalized spacial score (nSPS) is 12.7. The highest BCUT2D eigenvalue weighted by molar-refractivity contribution is 8.93. The molecule has 0 bridgehead atoms. The van der Waals surface area contributed by atoms with Gasteiger partial charge in [0.2, 0.25) is 0 Å². The first-order chi connectivity index (χ1) is 10.7. The first-order valence-electron chi connectivity index (χ1n) is 7.40. The quantitative estimate of drug-likeness (QED) is 0.710. The number of aryl methyl sites for hydroxylation is 1. The largest absolute Gasteiger partial charge is 0.508 e. The lowest BCUT2D eigenvalue weighted by molar-refractivity contribution is 0.475. The van der Waals surface area contributed by atoms with Crippen molar-refractivity contribution in [3.8, 4) is 34.0 Å². The Labute approximate surface area is 144 Å². The van der Waals surface area contributed by atoms with E-state index in [0.717, 1.165) is 47.7 Å². The van der Waals surface area contributed by atoms with Crippen molar-refractivity contribution in [2.24, 2.45) is 0 Å². The van der Waals surface area contributed by atoms with Crippen LogP contribution in [0.15, 0.2) is 48.5 Å². The molecule has 4 rings (SSSR count). The van der Waals surface area contributed by atoms with Crippen LogP contribution < -0.4 is 0 Å². The highest BCUT2D eigenvalue weighted by Crippen LogP contribution is 2.36. The summed E-state index contributed by atoms with van der Waals surface area (Å²) in [7, 11) is 0. The van der Waals surface area contributed by atoms with Gasteiger partial charge in [-0.25, -0.2) is 4.98 Å². The predicted octanol–water partition coefficient (Wildman–Crippen LogP) is 4.15. The van der Waals surface area contributed by atoms with Gasteiger partial charge in [0.05, 0.1) is 11.4 Å². The second-order valence-corrected chi connectivity index (χ2v) is 5.57. The summed E-state index contributed by atoms with van der Waals surface area (Å²) >= 11 is 0. The lowest BCUT2D eigenvalue weighted by atomic mass is 10.0. The molecule has 2 aromatic carbocycles. The Balaban J connectivity index is 0.00000156. The van der Waals surface area contributed by atoms with E-state index in [0.29, 0.717) is 0 Å². The zero-order chi connectivity index (χ0) is 15.1. The number of benzene rings is 2. The fourth-order valence-corrected chi connectivity index (χ4v) is 3.06. The molecule has 4 nitrogen and oxygen atoms in total. The molecule has 0 spiro atoms. The number of hydrogen-bond donors (Lipinski definition) is 2. The van der Waals surface area contributed by atoms with Crippen LogP contribution >= 0.6 is 17.0 Å². The minimum absolute atomic E-state index is 0.